The summed E-state index contributed by atoms with van der Waals surface area (Å²) in [6.45, 7) is 2.93. The molecule has 0 aromatic carbocycles. The minimum Gasteiger partial charge on any atom is -0.481 e. The van der Waals surface area contributed by atoms with Crippen molar-refractivity contribution in [3.05, 3.63) is 28.4 Å². The van der Waals surface area contributed by atoms with Crippen LogP contribution >= 0.6 is 0 Å². The molecule has 7 heteroatoms. The van der Waals surface area contributed by atoms with Crippen LogP contribution in [0.5, 0.6) is 0 Å². The number of carboxylic acids is 1. The maximum atomic E-state index is 10.8. The van der Waals surface area contributed by atoms with Crippen LogP contribution in [-0.4, -0.2) is 34.1 Å². The normalized spacial score (nSPS) is 17.1. The maximum Gasteiger partial charge on any atom is 0.306 e. The molecule has 2 heterocycles. The fourth-order valence-corrected chi connectivity index (χ4v) is 1.89. The van der Waals surface area contributed by atoms with Crippen molar-refractivity contribution < 1.29 is 14.8 Å². The first-order valence-corrected chi connectivity index (χ1v) is 5.57. The average molecular weight is 251 g/mol. The summed E-state index contributed by atoms with van der Waals surface area (Å²) in [6.07, 6.45) is 1.21. The van der Waals surface area contributed by atoms with Gasteiger partial charge < -0.3 is 10.0 Å². The van der Waals surface area contributed by atoms with Crippen LogP contribution in [0.2, 0.25) is 0 Å². The zero-order valence-electron chi connectivity index (χ0n) is 9.81. The molecular formula is C11H13N3O4. The summed E-state index contributed by atoms with van der Waals surface area (Å²) in [5, 5.41) is 19.3. The summed E-state index contributed by atoms with van der Waals surface area (Å²) in [4.78, 5) is 26.7. The molecule has 1 saturated heterocycles. The lowest BCUT2D eigenvalue weighted by molar-refractivity contribution is -0.385. The molecule has 1 atom stereocenters. The van der Waals surface area contributed by atoms with Crippen LogP contribution in [-0.2, 0) is 4.79 Å². The molecule has 1 aromatic heterocycles. The van der Waals surface area contributed by atoms with Crippen molar-refractivity contribution in [2.24, 2.45) is 11.8 Å². The van der Waals surface area contributed by atoms with E-state index in [-0.39, 0.29) is 17.5 Å². The zero-order chi connectivity index (χ0) is 13.3. The minimum atomic E-state index is -0.795. The molecule has 1 aliphatic rings. The van der Waals surface area contributed by atoms with Crippen LogP contribution in [0.3, 0.4) is 0 Å². The van der Waals surface area contributed by atoms with E-state index in [1.807, 2.05) is 4.90 Å². The summed E-state index contributed by atoms with van der Waals surface area (Å²) >= 11 is 0. The van der Waals surface area contributed by atoms with Gasteiger partial charge in [0.2, 0.25) is 0 Å². The largest absolute Gasteiger partial charge is 0.481 e. The van der Waals surface area contributed by atoms with Gasteiger partial charge in [-0.2, -0.15) is 0 Å². The number of nitrogens with zero attached hydrogens (tertiary/aromatic N) is 3. The van der Waals surface area contributed by atoms with E-state index in [0.29, 0.717) is 18.9 Å². The van der Waals surface area contributed by atoms with Gasteiger partial charge in [-0.25, -0.2) is 4.98 Å². The van der Waals surface area contributed by atoms with Crippen LogP contribution in [0, 0.1) is 22.0 Å². The average Bonchev–Trinajstić information content (AvgIpc) is 2.27. The van der Waals surface area contributed by atoms with Crippen molar-refractivity contribution in [2.75, 3.05) is 18.0 Å². The summed E-state index contributed by atoms with van der Waals surface area (Å²) in [5.74, 6) is -0.412. The number of aliphatic carboxylic acids is 1. The fraction of sp³-hybridized carbons (Fsp3) is 0.455. The number of rotatable bonds is 4. The quantitative estimate of drug-likeness (QED) is 0.636. The van der Waals surface area contributed by atoms with E-state index in [0.717, 1.165) is 0 Å². The maximum absolute atomic E-state index is 10.8. The van der Waals surface area contributed by atoms with Gasteiger partial charge >= 0.3 is 5.97 Å². The van der Waals surface area contributed by atoms with Crippen LogP contribution < -0.4 is 4.90 Å². The van der Waals surface area contributed by atoms with E-state index in [4.69, 9.17) is 5.11 Å². The first kappa shape index (κ1) is 12.3. The first-order valence-electron chi connectivity index (χ1n) is 5.57. The van der Waals surface area contributed by atoms with Crippen molar-refractivity contribution in [2.45, 2.75) is 6.92 Å². The molecule has 96 valence electrons. The lowest BCUT2D eigenvalue weighted by Crippen LogP contribution is -2.51. The molecule has 0 radical (unpaired) electrons. The van der Waals surface area contributed by atoms with Gasteiger partial charge in [0, 0.05) is 25.1 Å². The number of pyridine rings is 1. The summed E-state index contributed by atoms with van der Waals surface area (Å²) in [6, 6.07) is 2.98. The standard InChI is InChI=1S/C11H13N3O4/c1-7(11(15)16)8-5-13(6-8)10-3-2-9(4-12-10)14(17)18/h2-4,7-8H,5-6H2,1H3,(H,15,16). The lowest BCUT2D eigenvalue weighted by atomic mass is 9.87. The Morgan fingerprint density at radius 3 is 2.72 bits per heavy atom. The Morgan fingerprint density at radius 2 is 2.28 bits per heavy atom. The van der Waals surface area contributed by atoms with Crippen LogP contribution in [0.15, 0.2) is 18.3 Å². The molecule has 18 heavy (non-hydrogen) atoms. The van der Waals surface area contributed by atoms with Crippen LogP contribution in [0.1, 0.15) is 6.92 Å². The molecule has 7 nitrogen and oxygen atoms in total. The number of carboxylic acid groups (broad SMARTS) is 1. The number of hydrogen-bond donors (Lipinski definition) is 1. The lowest BCUT2D eigenvalue weighted by Gasteiger charge is -2.41. The van der Waals surface area contributed by atoms with E-state index in [1.165, 1.54) is 12.3 Å². The Hall–Kier alpha value is -2.18. The number of aromatic nitrogens is 1. The summed E-state index contributed by atoms with van der Waals surface area (Å²) in [5.41, 5.74) is -0.0465. The Morgan fingerprint density at radius 1 is 1.61 bits per heavy atom. The predicted molar refractivity (Wildman–Crippen MR) is 63.4 cm³/mol. The third-order valence-corrected chi connectivity index (χ3v) is 3.27. The molecular weight excluding hydrogens is 238 g/mol. The number of nitro groups is 1. The van der Waals surface area contributed by atoms with Gasteiger partial charge in [-0.05, 0) is 6.07 Å². The molecule has 0 aliphatic carbocycles. The number of carbonyl (C=O) groups is 1. The molecule has 1 fully saturated rings. The van der Waals surface area contributed by atoms with E-state index in [2.05, 4.69) is 4.98 Å². The van der Waals surface area contributed by atoms with Crippen molar-refractivity contribution in [3.63, 3.8) is 0 Å². The molecule has 1 aromatic rings. The van der Waals surface area contributed by atoms with Crippen molar-refractivity contribution >= 4 is 17.5 Å². The minimum absolute atomic E-state index is 0.0465. The fourth-order valence-electron chi connectivity index (χ4n) is 1.89. The van der Waals surface area contributed by atoms with Crippen molar-refractivity contribution in [1.82, 2.24) is 4.98 Å². The van der Waals surface area contributed by atoms with E-state index in [1.54, 1.807) is 13.0 Å². The highest BCUT2D eigenvalue weighted by Crippen LogP contribution is 2.28. The molecule has 0 amide bonds. The monoisotopic (exact) mass is 251 g/mol. The zero-order valence-corrected chi connectivity index (χ0v) is 9.81. The highest BCUT2D eigenvalue weighted by atomic mass is 16.6. The van der Waals surface area contributed by atoms with Crippen LogP contribution in [0.4, 0.5) is 11.5 Å². The molecule has 0 spiro atoms. The Labute approximate surface area is 103 Å². The van der Waals surface area contributed by atoms with E-state index < -0.39 is 10.9 Å². The number of hydrogen-bond acceptors (Lipinski definition) is 5. The Kier molecular flexibility index (Phi) is 3.14. The first-order chi connectivity index (χ1) is 8.49. The molecule has 0 saturated carbocycles. The smallest absolute Gasteiger partial charge is 0.306 e. The van der Waals surface area contributed by atoms with Gasteiger partial charge in [-0.3, -0.25) is 14.9 Å². The Balaban J connectivity index is 1.96. The Bertz CT molecular complexity index is 468. The second-order valence-electron chi connectivity index (χ2n) is 4.42. The van der Waals surface area contributed by atoms with Gasteiger partial charge in [0.05, 0.1) is 10.8 Å². The molecule has 1 aliphatic heterocycles. The summed E-state index contributed by atoms with van der Waals surface area (Å²) in [7, 11) is 0. The van der Waals surface area contributed by atoms with E-state index in [9.17, 15) is 14.9 Å². The van der Waals surface area contributed by atoms with Crippen LogP contribution in [0.25, 0.3) is 0 Å². The van der Waals surface area contributed by atoms with Gasteiger partial charge in [0.25, 0.3) is 5.69 Å². The third kappa shape index (κ3) is 2.24. The molecule has 1 N–H and O–H groups in total. The second kappa shape index (κ2) is 4.59. The van der Waals surface area contributed by atoms with Gasteiger partial charge in [0.1, 0.15) is 12.0 Å². The van der Waals surface area contributed by atoms with Crippen molar-refractivity contribution in [1.29, 1.82) is 0 Å². The van der Waals surface area contributed by atoms with Crippen molar-refractivity contribution in [3.8, 4) is 0 Å². The third-order valence-electron chi connectivity index (χ3n) is 3.27. The highest BCUT2D eigenvalue weighted by molar-refractivity contribution is 5.70. The van der Waals surface area contributed by atoms with Gasteiger partial charge in [-0.15, -0.1) is 0 Å². The van der Waals surface area contributed by atoms with Gasteiger partial charge in [-0.1, -0.05) is 6.92 Å². The van der Waals surface area contributed by atoms with E-state index >= 15 is 0 Å². The molecule has 2 rings (SSSR count). The highest BCUT2D eigenvalue weighted by Gasteiger charge is 2.35. The second-order valence-corrected chi connectivity index (χ2v) is 4.42. The topological polar surface area (TPSA) is 96.6 Å². The predicted octanol–water partition coefficient (Wildman–Crippen LogP) is 1.15. The summed E-state index contributed by atoms with van der Waals surface area (Å²) < 4.78 is 0. The molecule has 1 unspecified atom stereocenters. The number of anilines is 1. The SMILES string of the molecule is CC(C(=O)O)C1CN(c2ccc([N+](=O)[O-])cn2)C1. The molecule has 0 bridgehead atoms. The van der Waals surface area contributed by atoms with Gasteiger partial charge in [0.15, 0.2) is 0 Å².